The maximum absolute atomic E-state index is 11.5. The van der Waals surface area contributed by atoms with Gasteiger partial charge in [-0.15, -0.1) is 0 Å². The molecule has 0 heterocycles. The Balaban J connectivity index is 2.02. The van der Waals surface area contributed by atoms with Gasteiger partial charge in [-0.3, -0.25) is 4.79 Å². The van der Waals surface area contributed by atoms with Crippen molar-refractivity contribution in [1.82, 2.24) is 5.32 Å². The molecule has 1 fully saturated rings. The molecule has 0 bridgehead atoms. The maximum Gasteiger partial charge on any atom is 0.219 e. The van der Waals surface area contributed by atoms with E-state index >= 15 is 0 Å². The van der Waals surface area contributed by atoms with Crippen LogP contribution in [0.4, 0.5) is 0 Å². The molecule has 0 unspecified atom stereocenters. The van der Waals surface area contributed by atoms with Crippen LogP contribution in [-0.2, 0) is 4.79 Å². The number of amides is 1. The third-order valence-electron chi connectivity index (χ3n) is 3.91. The zero-order chi connectivity index (χ0) is 13.1. The number of rotatable bonds is 7. The smallest absolute Gasteiger partial charge is 0.219 e. The van der Waals surface area contributed by atoms with Gasteiger partial charge in [-0.05, 0) is 30.9 Å². The summed E-state index contributed by atoms with van der Waals surface area (Å²) in [4.78, 5) is 11.5. The topological polar surface area (TPSA) is 29.1 Å². The number of unbranched alkanes of at least 4 members (excludes halogenated alkanes) is 1. The Morgan fingerprint density at radius 3 is 2.39 bits per heavy atom. The van der Waals surface area contributed by atoms with Gasteiger partial charge in [0.1, 0.15) is 0 Å². The summed E-state index contributed by atoms with van der Waals surface area (Å²) in [5, 5.41) is 3.06. The van der Waals surface area contributed by atoms with Crippen molar-refractivity contribution in [1.29, 1.82) is 0 Å². The summed E-state index contributed by atoms with van der Waals surface area (Å²) in [6, 6.07) is 0. The Morgan fingerprint density at radius 1 is 1.06 bits per heavy atom. The van der Waals surface area contributed by atoms with Crippen LogP contribution in [0, 0.1) is 5.92 Å². The van der Waals surface area contributed by atoms with Crippen LogP contribution >= 0.6 is 12.6 Å². The second kappa shape index (κ2) is 10.7. The van der Waals surface area contributed by atoms with Gasteiger partial charge in [-0.25, -0.2) is 0 Å². The van der Waals surface area contributed by atoms with Gasteiger partial charge >= 0.3 is 0 Å². The number of nitrogens with one attached hydrogen (secondary N) is 1. The van der Waals surface area contributed by atoms with Crippen LogP contribution in [0.25, 0.3) is 0 Å². The molecule has 1 saturated carbocycles. The second-order valence-corrected chi connectivity index (χ2v) is 5.98. The van der Waals surface area contributed by atoms with E-state index in [1.807, 2.05) is 0 Å². The van der Waals surface area contributed by atoms with Gasteiger partial charge in [0.2, 0.25) is 5.91 Å². The molecule has 0 radical (unpaired) electrons. The normalized spacial score (nSPS) is 18.1. The van der Waals surface area contributed by atoms with Gasteiger partial charge in [0.25, 0.3) is 0 Å². The Morgan fingerprint density at radius 2 is 1.72 bits per heavy atom. The Kier molecular flexibility index (Phi) is 9.45. The first-order valence-corrected chi connectivity index (χ1v) is 8.33. The number of carbonyl (C=O) groups excluding carboxylic acids is 1. The predicted octanol–water partition coefficient (Wildman–Crippen LogP) is 3.95. The maximum atomic E-state index is 11.5. The fourth-order valence-corrected chi connectivity index (χ4v) is 2.95. The van der Waals surface area contributed by atoms with Crippen LogP contribution in [0.3, 0.4) is 0 Å². The molecule has 0 spiro atoms. The SMILES string of the molecule is O=C(CCCCS)NCCC1CCCCCCC1. The van der Waals surface area contributed by atoms with Gasteiger partial charge in [-0.1, -0.05) is 44.9 Å². The van der Waals surface area contributed by atoms with E-state index in [0.29, 0.717) is 6.42 Å². The van der Waals surface area contributed by atoms with E-state index in [0.717, 1.165) is 31.1 Å². The fourth-order valence-electron chi connectivity index (χ4n) is 2.73. The fraction of sp³-hybridized carbons (Fsp3) is 0.933. The molecule has 1 aliphatic carbocycles. The van der Waals surface area contributed by atoms with Crippen molar-refractivity contribution in [3.8, 4) is 0 Å². The van der Waals surface area contributed by atoms with Gasteiger partial charge in [0.15, 0.2) is 0 Å². The predicted molar refractivity (Wildman–Crippen MR) is 81.1 cm³/mol. The van der Waals surface area contributed by atoms with Gasteiger partial charge in [-0.2, -0.15) is 12.6 Å². The first-order valence-electron chi connectivity index (χ1n) is 7.70. The third-order valence-corrected chi connectivity index (χ3v) is 4.23. The van der Waals surface area contributed by atoms with Gasteiger partial charge in [0, 0.05) is 13.0 Å². The van der Waals surface area contributed by atoms with E-state index < -0.39 is 0 Å². The summed E-state index contributed by atoms with van der Waals surface area (Å²) < 4.78 is 0. The molecule has 0 aromatic heterocycles. The minimum absolute atomic E-state index is 0.225. The van der Waals surface area contributed by atoms with Crippen LogP contribution in [-0.4, -0.2) is 18.2 Å². The summed E-state index contributed by atoms with van der Waals surface area (Å²) in [5.41, 5.74) is 0. The first-order chi connectivity index (χ1) is 8.83. The minimum atomic E-state index is 0.225. The number of carbonyl (C=O) groups is 1. The lowest BCUT2D eigenvalue weighted by Gasteiger charge is -2.19. The number of hydrogen-bond acceptors (Lipinski definition) is 2. The summed E-state index contributed by atoms with van der Waals surface area (Å²) in [6.07, 6.45) is 13.6. The first kappa shape index (κ1) is 15.9. The largest absolute Gasteiger partial charge is 0.356 e. The van der Waals surface area contributed by atoms with Gasteiger partial charge in [0.05, 0.1) is 0 Å². The highest BCUT2D eigenvalue weighted by atomic mass is 32.1. The van der Waals surface area contributed by atoms with Gasteiger partial charge < -0.3 is 5.32 Å². The zero-order valence-electron chi connectivity index (χ0n) is 11.6. The molecule has 0 atom stereocenters. The Hall–Kier alpha value is -0.180. The number of hydrogen-bond donors (Lipinski definition) is 2. The van der Waals surface area contributed by atoms with Crippen molar-refractivity contribution in [2.45, 2.75) is 70.6 Å². The molecule has 18 heavy (non-hydrogen) atoms. The van der Waals surface area contributed by atoms with Crippen molar-refractivity contribution in [2.24, 2.45) is 5.92 Å². The van der Waals surface area contributed by atoms with Crippen LogP contribution < -0.4 is 5.32 Å². The minimum Gasteiger partial charge on any atom is -0.356 e. The van der Waals surface area contributed by atoms with E-state index in [1.165, 1.54) is 51.4 Å². The van der Waals surface area contributed by atoms with Crippen LogP contribution in [0.1, 0.15) is 70.6 Å². The second-order valence-electron chi connectivity index (χ2n) is 5.53. The molecule has 1 rings (SSSR count). The average molecular weight is 271 g/mol. The lowest BCUT2D eigenvalue weighted by Crippen LogP contribution is -2.25. The highest BCUT2D eigenvalue weighted by Crippen LogP contribution is 2.24. The molecule has 1 amide bonds. The van der Waals surface area contributed by atoms with Crippen molar-refractivity contribution < 1.29 is 4.79 Å². The molecule has 0 saturated heterocycles. The van der Waals surface area contributed by atoms with Crippen LogP contribution in [0.5, 0.6) is 0 Å². The molecule has 106 valence electrons. The lowest BCUT2D eigenvalue weighted by atomic mass is 9.89. The molecule has 0 aliphatic heterocycles. The van der Waals surface area contributed by atoms with E-state index in [2.05, 4.69) is 17.9 Å². The number of thiol groups is 1. The molecule has 1 N–H and O–H groups in total. The summed E-state index contributed by atoms with van der Waals surface area (Å²) in [5.74, 6) is 1.96. The van der Waals surface area contributed by atoms with Crippen LogP contribution in [0.15, 0.2) is 0 Å². The standard InChI is InChI=1S/C15H29NOS/c17-15(10-6-7-13-18)16-12-11-14-8-4-2-1-3-5-9-14/h14,18H,1-13H2,(H,16,17). The molecule has 0 aromatic rings. The van der Waals surface area contributed by atoms with E-state index in [9.17, 15) is 4.79 Å². The van der Waals surface area contributed by atoms with Crippen molar-refractivity contribution >= 4 is 18.5 Å². The highest BCUT2D eigenvalue weighted by molar-refractivity contribution is 7.80. The van der Waals surface area contributed by atoms with E-state index in [4.69, 9.17) is 0 Å². The summed E-state index contributed by atoms with van der Waals surface area (Å²) in [6.45, 7) is 0.879. The van der Waals surface area contributed by atoms with Crippen LogP contribution in [0.2, 0.25) is 0 Å². The molecule has 2 nitrogen and oxygen atoms in total. The molecular weight excluding hydrogens is 242 g/mol. The van der Waals surface area contributed by atoms with Crippen molar-refractivity contribution in [3.63, 3.8) is 0 Å². The molecule has 0 aromatic carbocycles. The monoisotopic (exact) mass is 271 g/mol. The average Bonchev–Trinajstić information content (AvgIpc) is 2.32. The third kappa shape index (κ3) is 8.02. The van der Waals surface area contributed by atoms with E-state index in [-0.39, 0.29) is 5.91 Å². The Bertz CT molecular complexity index is 213. The summed E-state index contributed by atoms with van der Waals surface area (Å²) in [7, 11) is 0. The Labute approximate surface area is 118 Å². The molecule has 1 aliphatic rings. The zero-order valence-corrected chi connectivity index (χ0v) is 12.5. The quantitative estimate of drug-likeness (QED) is 0.533. The molecule has 3 heteroatoms. The van der Waals surface area contributed by atoms with E-state index in [1.54, 1.807) is 0 Å². The lowest BCUT2D eigenvalue weighted by molar-refractivity contribution is -0.121. The summed E-state index contributed by atoms with van der Waals surface area (Å²) >= 11 is 4.15. The highest BCUT2D eigenvalue weighted by Gasteiger charge is 2.11. The molecular formula is C15H29NOS. The van der Waals surface area contributed by atoms with Crippen molar-refractivity contribution in [3.05, 3.63) is 0 Å². The van der Waals surface area contributed by atoms with Crippen molar-refractivity contribution in [2.75, 3.05) is 12.3 Å².